The van der Waals surface area contributed by atoms with Crippen molar-refractivity contribution in [3.8, 4) is 0 Å². The molecule has 6 fully saturated rings. The summed E-state index contributed by atoms with van der Waals surface area (Å²) in [7, 11) is 0. The number of carbonyl (C=O) groups is 1. The molecule has 9 atom stereocenters. The Kier molecular flexibility index (Phi) is 1.88. The predicted octanol–water partition coefficient (Wildman–Crippen LogP) is 2.46. The molecule has 0 amide bonds. The summed E-state index contributed by atoms with van der Waals surface area (Å²) in [6, 6.07) is 10.9. The van der Waals surface area contributed by atoms with Gasteiger partial charge in [0.05, 0.1) is 4.87 Å². The van der Waals surface area contributed by atoms with E-state index in [0.717, 1.165) is 12.5 Å². The number of nitrogens with one attached hydrogen (secondary N) is 1. The third kappa shape index (κ3) is 1.02. The van der Waals surface area contributed by atoms with Crippen molar-refractivity contribution in [2.75, 3.05) is 0 Å². The number of rotatable bonds is 3. The van der Waals surface area contributed by atoms with Crippen LogP contribution in [-0.4, -0.2) is 16.7 Å². The Hall–Kier alpha value is -0.860. The molecule has 0 aromatic heterocycles. The van der Waals surface area contributed by atoms with Crippen molar-refractivity contribution in [3.63, 3.8) is 0 Å². The molecule has 0 radical (unpaired) electrons. The second kappa shape index (κ2) is 3.38. The summed E-state index contributed by atoms with van der Waals surface area (Å²) in [6.07, 6.45) is 1.28. The molecule has 6 aliphatic carbocycles. The lowest BCUT2D eigenvalue weighted by molar-refractivity contribution is -0.122. The van der Waals surface area contributed by atoms with Gasteiger partial charge in [-0.2, -0.15) is 0 Å². The molecule has 0 spiro atoms. The maximum atomic E-state index is 12.6. The maximum Gasteiger partial charge on any atom is 0.141 e. The van der Waals surface area contributed by atoms with E-state index in [-0.39, 0.29) is 10.8 Å². The molecular weight excluding hydrogens is 282 g/mol. The average molecular weight is 300 g/mol. The lowest BCUT2D eigenvalue weighted by atomic mass is 9.71. The van der Waals surface area contributed by atoms with Gasteiger partial charge in [-0.3, -0.25) is 4.79 Å². The third-order valence-corrected chi connectivity index (χ3v) is 8.25. The number of Topliss-reactive ketones (excluding diaryl/α,β-unsaturated/α-hetero) is 1. The topological polar surface area (TPSA) is 29.1 Å². The van der Waals surface area contributed by atoms with Crippen LogP contribution in [0.5, 0.6) is 0 Å². The number of alkyl halides is 1. The fraction of sp³-hybridized carbons (Fsp3) is 0.611. The Balaban J connectivity index is 1.36. The second-order valence-corrected chi connectivity index (χ2v) is 8.48. The van der Waals surface area contributed by atoms with E-state index >= 15 is 0 Å². The SMILES string of the molecule is O=C1C2C3CC4C5C3C1C(Cl)(C5NCc1ccccc1)C42. The summed E-state index contributed by atoms with van der Waals surface area (Å²) in [6.45, 7) is 0.874. The molecule has 108 valence electrons. The Bertz CT molecular complexity index is 660. The number of ketones is 1. The number of halogens is 1. The molecule has 3 heteroatoms. The van der Waals surface area contributed by atoms with E-state index in [2.05, 4.69) is 29.6 Å². The van der Waals surface area contributed by atoms with Crippen LogP contribution in [0.25, 0.3) is 0 Å². The van der Waals surface area contributed by atoms with Crippen LogP contribution in [-0.2, 0) is 11.3 Å². The van der Waals surface area contributed by atoms with Gasteiger partial charge in [0.25, 0.3) is 0 Å². The number of hydrogen-bond acceptors (Lipinski definition) is 2. The van der Waals surface area contributed by atoms with Gasteiger partial charge in [0, 0.05) is 24.4 Å². The molecule has 1 aromatic carbocycles. The van der Waals surface area contributed by atoms with Crippen molar-refractivity contribution in [2.24, 2.45) is 41.4 Å². The molecule has 1 N–H and O–H groups in total. The first kappa shape index (κ1) is 11.7. The largest absolute Gasteiger partial charge is 0.308 e. The first-order valence-corrected chi connectivity index (χ1v) is 8.60. The van der Waals surface area contributed by atoms with Crippen molar-refractivity contribution < 1.29 is 4.79 Å². The van der Waals surface area contributed by atoms with Gasteiger partial charge in [0.2, 0.25) is 0 Å². The molecule has 0 saturated heterocycles. The van der Waals surface area contributed by atoms with E-state index in [1.165, 1.54) is 12.0 Å². The zero-order chi connectivity index (χ0) is 13.9. The van der Waals surface area contributed by atoms with E-state index in [9.17, 15) is 4.79 Å². The lowest BCUT2D eigenvalue weighted by Crippen LogP contribution is -2.47. The fourth-order valence-electron chi connectivity index (χ4n) is 7.36. The standard InChI is InChI=1S/C18H18ClNO/c19-18-14-10-6-9-11(15(18)16(21)13(9)14)12(10)17(18)20-7-8-4-2-1-3-5-8/h1-5,9-15,17,20H,6-7H2. The summed E-state index contributed by atoms with van der Waals surface area (Å²) in [5.41, 5.74) is 1.31. The highest BCUT2D eigenvalue weighted by Gasteiger charge is 2.89. The molecule has 6 bridgehead atoms. The average Bonchev–Trinajstić information content (AvgIpc) is 3.20. The summed E-state index contributed by atoms with van der Waals surface area (Å²) in [5.74, 6) is 4.25. The molecule has 1 aromatic rings. The highest BCUT2D eigenvalue weighted by molar-refractivity contribution is 6.29. The van der Waals surface area contributed by atoms with Crippen LogP contribution in [0.15, 0.2) is 30.3 Å². The smallest absolute Gasteiger partial charge is 0.141 e. The highest BCUT2D eigenvalue weighted by Crippen LogP contribution is 2.84. The molecule has 6 aliphatic rings. The molecule has 6 saturated carbocycles. The van der Waals surface area contributed by atoms with Crippen LogP contribution in [0.2, 0.25) is 0 Å². The van der Waals surface area contributed by atoms with Gasteiger partial charge in [0.15, 0.2) is 0 Å². The van der Waals surface area contributed by atoms with E-state index in [1.807, 2.05) is 6.07 Å². The minimum Gasteiger partial charge on any atom is -0.308 e. The van der Waals surface area contributed by atoms with Crippen molar-refractivity contribution in [3.05, 3.63) is 35.9 Å². The van der Waals surface area contributed by atoms with Gasteiger partial charge < -0.3 is 5.32 Å². The fourth-order valence-corrected chi connectivity index (χ4v) is 8.14. The predicted molar refractivity (Wildman–Crippen MR) is 79.7 cm³/mol. The molecule has 9 unspecified atom stereocenters. The summed E-state index contributed by atoms with van der Waals surface area (Å²) >= 11 is 7.15. The second-order valence-electron chi connectivity index (χ2n) is 7.82. The molecule has 2 nitrogen and oxygen atoms in total. The van der Waals surface area contributed by atoms with Crippen molar-refractivity contribution in [1.29, 1.82) is 0 Å². The van der Waals surface area contributed by atoms with Gasteiger partial charge in [-0.15, -0.1) is 11.6 Å². The van der Waals surface area contributed by atoms with Crippen LogP contribution in [0.3, 0.4) is 0 Å². The first-order chi connectivity index (χ1) is 10.2. The highest BCUT2D eigenvalue weighted by atomic mass is 35.5. The van der Waals surface area contributed by atoms with Crippen LogP contribution in [0.4, 0.5) is 0 Å². The Labute approximate surface area is 129 Å². The van der Waals surface area contributed by atoms with Gasteiger partial charge >= 0.3 is 0 Å². The van der Waals surface area contributed by atoms with Crippen LogP contribution < -0.4 is 5.32 Å². The van der Waals surface area contributed by atoms with E-state index in [0.29, 0.717) is 41.4 Å². The summed E-state index contributed by atoms with van der Waals surface area (Å²) in [4.78, 5) is 12.4. The quantitative estimate of drug-likeness (QED) is 0.869. The number of benzene rings is 1. The Morgan fingerprint density at radius 3 is 2.76 bits per heavy atom. The third-order valence-electron chi connectivity index (χ3n) is 7.52. The molecule has 0 aliphatic heterocycles. The Morgan fingerprint density at radius 1 is 1.19 bits per heavy atom. The van der Waals surface area contributed by atoms with E-state index in [1.54, 1.807) is 0 Å². The van der Waals surface area contributed by atoms with Crippen LogP contribution in [0.1, 0.15) is 12.0 Å². The zero-order valence-electron chi connectivity index (χ0n) is 11.7. The molecule has 7 rings (SSSR count). The lowest BCUT2D eigenvalue weighted by Gasteiger charge is -2.37. The van der Waals surface area contributed by atoms with Gasteiger partial charge in [-0.1, -0.05) is 30.3 Å². The van der Waals surface area contributed by atoms with E-state index in [4.69, 9.17) is 11.6 Å². The van der Waals surface area contributed by atoms with Crippen molar-refractivity contribution in [1.82, 2.24) is 5.32 Å². The minimum atomic E-state index is -0.246. The zero-order valence-corrected chi connectivity index (χ0v) is 12.5. The Morgan fingerprint density at radius 2 is 2.00 bits per heavy atom. The minimum absolute atomic E-state index is 0.177. The number of hydrogen-bond donors (Lipinski definition) is 1. The number of carbonyl (C=O) groups excluding carboxylic acids is 1. The monoisotopic (exact) mass is 299 g/mol. The van der Waals surface area contributed by atoms with Crippen LogP contribution >= 0.6 is 11.6 Å². The maximum absolute atomic E-state index is 12.6. The molecule has 0 heterocycles. The van der Waals surface area contributed by atoms with Gasteiger partial charge in [-0.05, 0) is 41.6 Å². The van der Waals surface area contributed by atoms with E-state index < -0.39 is 0 Å². The first-order valence-electron chi connectivity index (χ1n) is 8.23. The van der Waals surface area contributed by atoms with Crippen LogP contribution in [0, 0.1) is 41.4 Å². The molecular formula is C18H18ClNO. The van der Waals surface area contributed by atoms with Gasteiger partial charge in [-0.25, -0.2) is 0 Å². The summed E-state index contributed by atoms with van der Waals surface area (Å²) in [5, 5.41) is 3.75. The summed E-state index contributed by atoms with van der Waals surface area (Å²) < 4.78 is 0. The molecule has 21 heavy (non-hydrogen) atoms. The van der Waals surface area contributed by atoms with Crippen molar-refractivity contribution >= 4 is 17.4 Å². The van der Waals surface area contributed by atoms with Gasteiger partial charge in [0.1, 0.15) is 5.78 Å². The van der Waals surface area contributed by atoms with Crippen molar-refractivity contribution in [2.45, 2.75) is 23.9 Å². The normalized spacial score (nSPS) is 57.3.